The van der Waals surface area contributed by atoms with Crippen molar-refractivity contribution < 1.29 is 4.79 Å². The van der Waals surface area contributed by atoms with Gasteiger partial charge in [-0.25, -0.2) is 0 Å². The Morgan fingerprint density at radius 3 is 2.46 bits per heavy atom. The zero-order chi connectivity index (χ0) is 18.1. The predicted octanol–water partition coefficient (Wildman–Crippen LogP) is 4.93. The normalized spacial score (nSPS) is 18.9. The molecule has 0 saturated heterocycles. The summed E-state index contributed by atoms with van der Waals surface area (Å²) in [6.07, 6.45) is 5.09. The average Bonchev–Trinajstić information content (AvgIpc) is 2.94. The number of aryl methyl sites for hydroxylation is 1. The van der Waals surface area contributed by atoms with Gasteiger partial charge in [0.15, 0.2) is 0 Å². The van der Waals surface area contributed by atoms with E-state index in [4.69, 9.17) is 17.2 Å². The van der Waals surface area contributed by atoms with Gasteiger partial charge in [-0.15, -0.1) is 0 Å². The Kier molecular flexibility index (Phi) is 4.45. The molecule has 1 amide bonds. The summed E-state index contributed by atoms with van der Waals surface area (Å²) >= 11 is 5.79. The highest BCUT2D eigenvalue weighted by Crippen LogP contribution is 2.41. The molecule has 1 aliphatic heterocycles. The smallest absolute Gasteiger partial charge is 0.260 e. The number of amides is 1. The molecular formula is C22H22N2OS. The summed E-state index contributed by atoms with van der Waals surface area (Å²) in [4.78, 5) is 20.8. The molecule has 4 rings (SSSR count). The van der Waals surface area contributed by atoms with Crippen molar-refractivity contribution in [1.29, 1.82) is 0 Å². The Morgan fingerprint density at radius 2 is 1.77 bits per heavy atom. The van der Waals surface area contributed by atoms with Crippen molar-refractivity contribution in [2.45, 2.75) is 44.7 Å². The van der Waals surface area contributed by atoms with Crippen LogP contribution >= 0.6 is 12.2 Å². The molecule has 1 aliphatic carbocycles. The maximum Gasteiger partial charge on any atom is 0.260 e. The molecule has 1 spiro atoms. The quantitative estimate of drug-likeness (QED) is 0.710. The molecule has 1 heterocycles. The Hall–Kier alpha value is -2.33. The van der Waals surface area contributed by atoms with Crippen LogP contribution in [0.1, 0.15) is 53.6 Å². The molecule has 2 aromatic carbocycles. The van der Waals surface area contributed by atoms with E-state index in [1.54, 1.807) is 4.90 Å². The van der Waals surface area contributed by atoms with Crippen LogP contribution in [0.3, 0.4) is 0 Å². The van der Waals surface area contributed by atoms with Crippen LogP contribution in [0.25, 0.3) is 0 Å². The number of rotatable bonds is 2. The first-order valence-electron chi connectivity index (χ1n) is 9.22. The van der Waals surface area contributed by atoms with E-state index in [9.17, 15) is 4.79 Å². The van der Waals surface area contributed by atoms with Gasteiger partial charge in [-0.1, -0.05) is 60.6 Å². The average molecular weight is 362 g/mol. The minimum atomic E-state index is -0.513. The molecule has 0 unspecified atom stereocenters. The lowest BCUT2D eigenvalue weighted by Crippen LogP contribution is -2.50. The molecule has 2 aliphatic rings. The second-order valence-electron chi connectivity index (χ2n) is 7.18. The molecule has 1 saturated carbocycles. The first-order chi connectivity index (χ1) is 12.6. The number of benzene rings is 2. The van der Waals surface area contributed by atoms with E-state index in [0.29, 0.717) is 10.6 Å². The number of hydrogen-bond donors (Lipinski definition) is 0. The van der Waals surface area contributed by atoms with Crippen molar-refractivity contribution in [3.63, 3.8) is 0 Å². The number of carbonyl (C=O) groups excluding carboxylic acids is 1. The Labute approximate surface area is 159 Å². The van der Waals surface area contributed by atoms with Crippen LogP contribution < -0.4 is 0 Å². The van der Waals surface area contributed by atoms with Gasteiger partial charge in [-0.05, 0) is 50.8 Å². The standard InChI is InChI=1S/C22H22N2OS/c1-16-9-8-12-18(15-16)19-21(26)24(20(25)17-10-4-2-5-11-17)22(23-19)13-6-3-7-14-22/h2,4-5,8-12,15H,3,6-7,13-14H2,1H3. The lowest BCUT2D eigenvalue weighted by molar-refractivity contribution is 0.0648. The second-order valence-corrected chi connectivity index (χ2v) is 7.57. The summed E-state index contributed by atoms with van der Waals surface area (Å²) in [5.41, 5.74) is 3.11. The van der Waals surface area contributed by atoms with Gasteiger partial charge in [-0.2, -0.15) is 0 Å². The van der Waals surface area contributed by atoms with E-state index < -0.39 is 5.66 Å². The number of thiocarbonyl (C=S) groups is 1. The number of nitrogens with zero attached hydrogens (tertiary/aromatic N) is 2. The third kappa shape index (κ3) is 2.88. The number of hydrogen-bond acceptors (Lipinski definition) is 3. The summed E-state index contributed by atoms with van der Waals surface area (Å²) in [5, 5.41) is 0. The van der Waals surface area contributed by atoms with Crippen LogP contribution in [0.5, 0.6) is 0 Å². The molecule has 0 aromatic heterocycles. The highest BCUT2D eigenvalue weighted by molar-refractivity contribution is 7.82. The predicted molar refractivity (Wildman–Crippen MR) is 109 cm³/mol. The molecular weight excluding hydrogens is 340 g/mol. The molecule has 1 fully saturated rings. The van der Waals surface area contributed by atoms with Gasteiger partial charge in [-0.3, -0.25) is 14.7 Å². The van der Waals surface area contributed by atoms with Crippen LogP contribution in [-0.2, 0) is 0 Å². The van der Waals surface area contributed by atoms with Gasteiger partial charge in [0.1, 0.15) is 16.4 Å². The van der Waals surface area contributed by atoms with Crippen molar-refractivity contribution in [3.05, 3.63) is 71.3 Å². The van der Waals surface area contributed by atoms with Crippen molar-refractivity contribution in [3.8, 4) is 0 Å². The van der Waals surface area contributed by atoms with Crippen molar-refractivity contribution in [1.82, 2.24) is 4.90 Å². The summed E-state index contributed by atoms with van der Waals surface area (Å²) < 4.78 is 0. The molecule has 0 atom stereocenters. The Bertz CT molecular complexity index is 882. The Morgan fingerprint density at radius 1 is 1.04 bits per heavy atom. The Balaban J connectivity index is 1.78. The highest BCUT2D eigenvalue weighted by atomic mass is 32.1. The fraction of sp³-hybridized carbons (Fsp3) is 0.318. The lowest BCUT2D eigenvalue weighted by atomic mass is 9.88. The first kappa shape index (κ1) is 17.1. The summed E-state index contributed by atoms with van der Waals surface area (Å²) in [7, 11) is 0. The van der Waals surface area contributed by atoms with Gasteiger partial charge in [0.05, 0.1) is 0 Å². The van der Waals surface area contributed by atoms with Crippen molar-refractivity contribution in [2.75, 3.05) is 0 Å². The van der Waals surface area contributed by atoms with E-state index in [0.717, 1.165) is 37.0 Å². The molecule has 0 N–H and O–H groups in total. The van der Waals surface area contributed by atoms with Gasteiger partial charge in [0.25, 0.3) is 5.91 Å². The van der Waals surface area contributed by atoms with Gasteiger partial charge < -0.3 is 0 Å². The van der Waals surface area contributed by atoms with Gasteiger partial charge in [0, 0.05) is 11.1 Å². The van der Waals surface area contributed by atoms with E-state index >= 15 is 0 Å². The molecule has 2 aromatic rings. The van der Waals surface area contributed by atoms with Crippen LogP contribution in [-0.4, -0.2) is 27.2 Å². The van der Waals surface area contributed by atoms with Crippen molar-refractivity contribution in [2.24, 2.45) is 4.99 Å². The van der Waals surface area contributed by atoms with Gasteiger partial charge in [0.2, 0.25) is 0 Å². The van der Waals surface area contributed by atoms with E-state index in [2.05, 4.69) is 19.1 Å². The lowest BCUT2D eigenvalue weighted by Gasteiger charge is -2.38. The molecule has 3 nitrogen and oxygen atoms in total. The molecule has 0 bridgehead atoms. The zero-order valence-corrected chi connectivity index (χ0v) is 15.8. The van der Waals surface area contributed by atoms with Crippen molar-refractivity contribution >= 4 is 28.8 Å². The largest absolute Gasteiger partial charge is 0.271 e. The van der Waals surface area contributed by atoms with E-state index in [1.807, 2.05) is 42.5 Å². The number of carbonyl (C=O) groups is 1. The van der Waals surface area contributed by atoms with Gasteiger partial charge >= 0.3 is 0 Å². The molecule has 4 heteroatoms. The SMILES string of the molecule is Cc1cccc(C2=NC3(CCCCC3)N(C(=O)c3ccccc3)C2=S)c1. The zero-order valence-electron chi connectivity index (χ0n) is 14.9. The van der Waals surface area contributed by atoms with Crippen LogP contribution in [0.2, 0.25) is 0 Å². The molecule has 0 radical (unpaired) electrons. The fourth-order valence-corrected chi connectivity index (χ4v) is 4.44. The molecule has 132 valence electrons. The first-order valence-corrected chi connectivity index (χ1v) is 9.62. The second kappa shape index (κ2) is 6.76. The fourth-order valence-electron chi connectivity index (χ4n) is 4.03. The van der Waals surface area contributed by atoms with E-state index in [-0.39, 0.29) is 5.91 Å². The third-order valence-corrected chi connectivity index (χ3v) is 5.69. The monoisotopic (exact) mass is 362 g/mol. The van der Waals surface area contributed by atoms with Crippen LogP contribution in [0.15, 0.2) is 59.6 Å². The van der Waals surface area contributed by atoms with E-state index in [1.165, 1.54) is 12.0 Å². The minimum absolute atomic E-state index is 0.0381. The summed E-state index contributed by atoms with van der Waals surface area (Å²) in [5.74, 6) is -0.0381. The summed E-state index contributed by atoms with van der Waals surface area (Å²) in [6.45, 7) is 2.06. The van der Waals surface area contributed by atoms with Crippen LogP contribution in [0, 0.1) is 6.92 Å². The van der Waals surface area contributed by atoms with Crippen LogP contribution in [0.4, 0.5) is 0 Å². The highest BCUT2D eigenvalue weighted by Gasteiger charge is 2.48. The maximum atomic E-state index is 13.3. The number of aliphatic imine (C=N–C) groups is 1. The summed E-state index contributed by atoms with van der Waals surface area (Å²) in [6, 6.07) is 17.6. The topological polar surface area (TPSA) is 32.7 Å². The maximum absolute atomic E-state index is 13.3. The third-order valence-electron chi connectivity index (χ3n) is 5.31. The minimum Gasteiger partial charge on any atom is -0.271 e. The molecule has 26 heavy (non-hydrogen) atoms.